The van der Waals surface area contributed by atoms with Gasteiger partial charge in [0, 0.05) is 25.7 Å². The Morgan fingerprint density at radius 3 is 1.90 bits per heavy atom. The molecule has 26 atom stereocenters. The summed E-state index contributed by atoms with van der Waals surface area (Å²) in [5, 5.41) is 151. The molecule has 101 heavy (non-hydrogen) atoms. The first-order valence-electron chi connectivity index (χ1n) is 32.6. The lowest BCUT2D eigenvalue weighted by Crippen LogP contribution is -2.70. The summed E-state index contributed by atoms with van der Waals surface area (Å²) < 4.78 is 39.7. The number of guanidine groups is 2. The fourth-order valence-corrected chi connectivity index (χ4v) is 12.1. The van der Waals surface area contributed by atoms with E-state index in [4.69, 9.17) is 44.6 Å². The monoisotopic (exact) mass is 1430 g/mol. The molecule has 6 aliphatic heterocycles. The first-order chi connectivity index (χ1) is 48.0. The molecule has 39 nitrogen and oxygen atoms in total. The molecule has 2 aromatic rings. The van der Waals surface area contributed by atoms with Gasteiger partial charge in [-0.1, -0.05) is 69.7 Å². The van der Waals surface area contributed by atoms with Gasteiger partial charge in [-0.05, 0) is 29.2 Å². The fourth-order valence-electron chi connectivity index (χ4n) is 12.1. The van der Waals surface area contributed by atoms with E-state index in [1.165, 1.54) is 24.3 Å². The molecular weight excluding hydrogens is 1340 g/mol. The summed E-state index contributed by atoms with van der Waals surface area (Å²) in [4.78, 5) is 121. The van der Waals surface area contributed by atoms with Crippen LogP contribution in [0.3, 0.4) is 0 Å². The minimum Gasteiger partial charge on any atom is -0.463 e. The van der Waals surface area contributed by atoms with Gasteiger partial charge < -0.3 is 148 Å². The highest BCUT2D eigenvalue weighted by Crippen LogP contribution is 2.34. The van der Waals surface area contributed by atoms with Crippen LogP contribution >= 0.6 is 0 Å². The molecule has 6 unspecified atom stereocenters. The zero-order valence-electron chi connectivity index (χ0n) is 55.3. The van der Waals surface area contributed by atoms with Gasteiger partial charge in [0.2, 0.25) is 41.7 Å². The van der Waals surface area contributed by atoms with Crippen LogP contribution in [-0.2, 0) is 73.2 Å². The predicted molar refractivity (Wildman–Crippen MR) is 341 cm³/mol. The molecule has 0 spiro atoms. The van der Waals surface area contributed by atoms with Gasteiger partial charge in [0.05, 0.1) is 51.5 Å². The molecule has 0 saturated carbocycles. The molecule has 6 heterocycles. The third-order valence-corrected chi connectivity index (χ3v) is 18.2. The topological polar surface area (TPSA) is 608 Å². The lowest BCUT2D eigenvalue weighted by atomic mass is 9.92. The van der Waals surface area contributed by atoms with Crippen LogP contribution in [-0.4, -0.2) is 318 Å². The minimum atomic E-state index is -2.36. The lowest BCUT2D eigenvalue weighted by Gasteiger charge is -2.46. The van der Waals surface area contributed by atoms with Gasteiger partial charge in [-0.15, -0.1) is 0 Å². The van der Waals surface area contributed by atoms with E-state index < -0.39 is 252 Å². The average Bonchev–Trinajstić information content (AvgIpc) is 1.76. The summed E-state index contributed by atoms with van der Waals surface area (Å²) in [5.41, 5.74) is 12.8. The van der Waals surface area contributed by atoms with Crippen molar-refractivity contribution < 1.29 is 133 Å². The molecule has 23 N–H and O–H groups in total. The molecule has 4 saturated heterocycles. The van der Waals surface area contributed by atoms with Crippen molar-refractivity contribution >= 4 is 59.3 Å². The van der Waals surface area contributed by atoms with E-state index >= 15 is 9.59 Å². The van der Waals surface area contributed by atoms with Gasteiger partial charge >= 0.3 is 11.9 Å². The number of hydrogen-bond donors (Lipinski definition) is 21. The summed E-state index contributed by atoms with van der Waals surface area (Å²) in [6.45, 7) is 0.825. The number of carbonyl (C=O) groups excluding carboxylic acids is 8. The van der Waals surface area contributed by atoms with E-state index in [0.717, 1.165) is 11.8 Å². The standard InChI is InChI=1S/C62H90N12O27/c1-5-24(2)15-38(80)100-52-45(84)36(23-95-26(4)78)99-60(50(52)89)101-51-35(22-77)98-59(49(88)47(51)86)96-29-13-11-27(12-14-29)16-30-54(91)72-40(42(81)31-17-66-61(63)70-31)57(94)73-41(43(82)33-18-67-62(64)74(33)58-48(87)46(85)44(83)34(21-76)97-58)56(93)69-32(20-75)53(90)65-19-37(79)71-39(55(92)68-30)25(3)28-9-7-6-8-10-28/h6-14,24-25,30-36,39-52,58-60,75-77,81-89H,5,15-23H2,1-4H3,(H2,64,67)(H,65,90)(H,68,92)(H,69,93)(H,71,79)(H,72,91)(H,73,94)(H3,63,66,70)/t24?,25?,30-,31?,32+,33?,34-,35-,36-,39+,40+,41-,42?,43?,44-,45-,46+,47-,48+,49+,50+,51-,52+,58+,59+,60-/m1/s1. The highest BCUT2D eigenvalue weighted by Gasteiger charge is 2.55. The largest absolute Gasteiger partial charge is 0.463 e. The summed E-state index contributed by atoms with van der Waals surface area (Å²) >= 11 is 0. The third kappa shape index (κ3) is 19.0. The first kappa shape index (κ1) is 78.6. The van der Waals surface area contributed by atoms with Crippen molar-refractivity contribution in [2.24, 2.45) is 27.4 Å². The molecule has 560 valence electrons. The number of hydrogen-bond acceptors (Lipinski definition) is 33. The van der Waals surface area contributed by atoms with Gasteiger partial charge in [-0.2, -0.15) is 0 Å². The summed E-state index contributed by atoms with van der Waals surface area (Å²) in [5.74, 6) is -10.8. The second-order valence-corrected chi connectivity index (χ2v) is 25.4. The molecule has 0 aliphatic carbocycles. The van der Waals surface area contributed by atoms with E-state index in [0.29, 0.717) is 12.0 Å². The van der Waals surface area contributed by atoms with Crippen LogP contribution < -0.4 is 53.4 Å². The number of aliphatic hydroxyl groups is 12. The van der Waals surface area contributed by atoms with E-state index in [-0.39, 0.29) is 36.2 Å². The SMILES string of the molecule is CCC(C)CC(=O)O[C@@H]1[C@H](O)[C@@H](O[C@H]2[C@H](O)[C@H](O)[C@@H](Oc3ccc(C[C@H]4NC(=O)[C@H](C(C)c5ccccc5)NC(=O)CNC(=O)[C@H](CO)NC(=O)[C@@H](C(O)C5CN=C(N)N5[C@H]5O[C@H](CO)[C@@H](O)[C@H](O)[C@@H]5O)NC(=O)[C@H](C(O)C5CN=C(N)N5)NC4=O)cc3)O[C@@H]2CO)O[C@H](COC(C)=O)[C@H]1O. The number of benzene rings is 2. The van der Waals surface area contributed by atoms with Crippen molar-refractivity contribution in [2.75, 3.05) is 46.1 Å². The number of carbonyl (C=O) groups is 8. The molecule has 2 aromatic carbocycles. The molecule has 6 aliphatic rings. The van der Waals surface area contributed by atoms with Crippen molar-refractivity contribution in [3.05, 3.63) is 65.7 Å². The molecule has 0 bridgehead atoms. The van der Waals surface area contributed by atoms with Crippen molar-refractivity contribution in [1.82, 2.24) is 42.1 Å². The number of rotatable bonds is 22. The lowest BCUT2D eigenvalue weighted by molar-refractivity contribution is -0.353. The quantitative estimate of drug-likeness (QED) is 0.0487. The molecule has 39 heteroatoms. The Hall–Kier alpha value is -8.10. The summed E-state index contributed by atoms with van der Waals surface area (Å²) in [6.07, 6.45) is -31.7. The van der Waals surface area contributed by atoms with Crippen LogP contribution in [0.5, 0.6) is 5.75 Å². The maximum atomic E-state index is 15.2. The van der Waals surface area contributed by atoms with E-state index in [9.17, 15) is 90.0 Å². The summed E-state index contributed by atoms with van der Waals surface area (Å²) in [7, 11) is 0. The number of nitrogens with zero attached hydrogens (tertiary/aromatic N) is 3. The normalized spacial score (nSPS) is 35.2. The zero-order chi connectivity index (χ0) is 73.8. The first-order valence-corrected chi connectivity index (χ1v) is 32.6. The van der Waals surface area contributed by atoms with Gasteiger partial charge in [-0.3, -0.25) is 48.3 Å². The number of esters is 2. The number of aliphatic hydroxyl groups excluding tert-OH is 12. The average molecular weight is 1440 g/mol. The maximum absolute atomic E-state index is 15.2. The van der Waals surface area contributed by atoms with Crippen LogP contribution in [0.1, 0.15) is 57.6 Å². The van der Waals surface area contributed by atoms with Crippen LogP contribution in [0, 0.1) is 5.92 Å². The van der Waals surface area contributed by atoms with Gasteiger partial charge in [0.15, 0.2) is 30.5 Å². The zero-order valence-corrected chi connectivity index (χ0v) is 55.3. The van der Waals surface area contributed by atoms with Crippen molar-refractivity contribution in [3.63, 3.8) is 0 Å². The molecule has 0 aromatic heterocycles. The maximum Gasteiger partial charge on any atom is 0.306 e. The molecule has 0 radical (unpaired) electrons. The highest BCUT2D eigenvalue weighted by atomic mass is 16.7. The van der Waals surface area contributed by atoms with Crippen molar-refractivity contribution in [3.8, 4) is 5.75 Å². The minimum absolute atomic E-state index is 0.0964. The van der Waals surface area contributed by atoms with Crippen LogP contribution in [0.15, 0.2) is 64.6 Å². The van der Waals surface area contributed by atoms with Crippen molar-refractivity contribution in [1.29, 1.82) is 0 Å². The van der Waals surface area contributed by atoms with E-state index in [2.05, 4.69) is 47.2 Å². The van der Waals surface area contributed by atoms with Gasteiger partial charge in [0.25, 0.3) is 0 Å². The third-order valence-electron chi connectivity index (χ3n) is 18.2. The van der Waals surface area contributed by atoms with E-state index in [1.807, 2.05) is 6.92 Å². The number of aliphatic imine (C=N–C) groups is 2. The Labute approximate surface area is 576 Å². The fraction of sp³-hybridized carbons (Fsp3) is 0.645. The van der Waals surface area contributed by atoms with Gasteiger partial charge in [0.1, 0.15) is 122 Å². The Morgan fingerprint density at radius 1 is 0.634 bits per heavy atom. The molecule has 4 fully saturated rings. The molecular formula is C62H90N12O27. The Bertz CT molecular complexity index is 3250. The molecule has 6 amide bonds. The number of amides is 6. The Kier molecular flexibility index (Phi) is 27.4. The second-order valence-electron chi connectivity index (χ2n) is 25.4. The molecule has 8 rings (SSSR count). The van der Waals surface area contributed by atoms with Crippen LogP contribution in [0.2, 0.25) is 0 Å². The van der Waals surface area contributed by atoms with Gasteiger partial charge in [-0.25, -0.2) is 0 Å². The van der Waals surface area contributed by atoms with Crippen molar-refractivity contribution in [2.45, 2.75) is 199 Å². The Balaban J connectivity index is 1.08. The number of nitrogens with two attached hydrogens (primary N) is 2. The Morgan fingerprint density at radius 2 is 1.27 bits per heavy atom. The van der Waals surface area contributed by atoms with Crippen LogP contribution in [0.4, 0.5) is 0 Å². The highest BCUT2D eigenvalue weighted by molar-refractivity contribution is 5.98. The second kappa shape index (κ2) is 35.2. The van der Waals surface area contributed by atoms with Crippen LogP contribution in [0.25, 0.3) is 0 Å². The predicted octanol–water partition coefficient (Wildman–Crippen LogP) is -11.1. The number of nitrogens with one attached hydrogen (secondary N) is 7. The smallest absolute Gasteiger partial charge is 0.306 e. The van der Waals surface area contributed by atoms with E-state index in [1.54, 1.807) is 44.2 Å². The summed E-state index contributed by atoms with van der Waals surface area (Å²) in [6, 6.07) is 0.664. The number of ether oxygens (including phenoxy) is 7.